The first-order valence-corrected chi connectivity index (χ1v) is 9.03. The SMILES string of the molecule is CC(C)(C)OC(=O)N1CCN(c2ncc(C(=N)c3ccccc3)cn2)CC1. The van der Waals surface area contributed by atoms with Crippen LogP contribution < -0.4 is 4.90 Å². The van der Waals surface area contributed by atoms with Crippen LogP contribution in [0.4, 0.5) is 10.7 Å². The van der Waals surface area contributed by atoms with Gasteiger partial charge in [-0.05, 0) is 20.8 Å². The summed E-state index contributed by atoms with van der Waals surface area (Å²) in [7, 11) is 0. The highest BCUT2D eigenvalue weighted by Crippen LogP contribution is 2.15. The molecule has 0 bridgehead atoms. The number of carbonyl (C=O) groups excluding carboxylic acids is 1. The molecule has 142 valence electrons. The molecule has 0 saturated carbocycles. The fourth-order valence-corrected chi connectivity index (χ4v) is 2.80. The number of ether oxygens (including phenoxy) is 1. The fourth-order valence-electron chi connectivity index (χ4n) is 2.80. The van der Waals surface area contributed by atoms with Crippen molar-refractivity contribution in [1.82, 2.24) is 14.9 Å². The largest absolute Gasteiger partial charge is 0.444 e. The summed E-state index contributed by atoms with van der Waals surface area (Å²) in [6.45, 7) is 8.03. The van der Waals surface area contributed by atoms with Gasteiger partial charge in [0.25, 0.3) is 0 Å². The lowest BCUT2D eigenvalue weighted by atomic mass is 10.1. The van der Waals surface area contributed by atoms with Gasteiger partial charge in [-0.1, -0.05) is 30.3 Å². The third-order valence-electron chi connectivity index (χ3n) is 4.20. The molecule has 1 saturated heterocycles. The van der Waals surface area contributed by atoms with E-state index in [0.29, 0.717) is 43.4 Å². The molecular weight excluding hydrogens is 342 g/mol. The van der Waals surface area contributed by atoms with Crippen molar-refractivity contribution in [3.63, 3.8) is 0 Å². The van der Waals surface area contributed by atoms with E-state index in [-0.39, 0.29) is 6.09 Å². The Morgan fingerprint density at radius 3 is 2.15 bits per heavy atom. The number of piperazine rings is 1. The van der Waals surface area contributed by atoms with Crippen molar-refractivity contribution < 1.29 is 9.53 Å². The van der Waals surface area contributed by atoms with E-state index >= 15 is 0 Å². The predicted molar refractivity (Wildman–Crippen MR) is 104 cm³/mol. The lowest BCUT2D eigenvalue weighted by Gasteiger charge is -2.35. The lowest BCUT2D eigenvalue weighted by Crippen LogP contribution is -2.50. The number of rotatable bonds is 3. The summed E-state index contributed by atoms with van der Waals surface area (Å²) in [6, 6.07) is 9.53. The molecule has 2 heterocycles. The molecular formula is C20H25N5O2. The van der Waals surface area contributed by atoms with E-state index in [1.807, 2.05) is 56.0 Å². The zero-order valence-electron chi connectivity index (χ0n) is 16.0. The summed E-state index contributed by atoms with van der Waals surface area (Å²) < 4.78 is 5.42. The maximum atomic E-state index is 12.1. The van der Waals surface area contributed by atoms with Crippen LogP contribution in [0, 0.1) is 5.41 Å². The number of carbonyl (C=O) groups is 1. The van der Waals surface area contributed by atoms with Crippen molar-refractivity contribution in [3.8, 4) is 0 Å². The number of anilines is 1. The number of nitrogens with one attached hydrogen (secondary N) is 1. The highest BCUT2D eigenvalue weighted by molar-refractivity contribution is 6.10. The van der Waals surface area contributed by atoms with Crippen LogP contribution in [-0.4, -0.2) is 58.5 Å². The van der Waals surface area contributed by atoms with E-state index in [9.17, 15) is 4.79 Å². The van der Waals surface area contributed by atoms with Crippen LogP contribution in [0.2, 0.25) is 0 Å². The van der Waals surface area contributed by atoms with Crippen LogP contribution in [0.5, 0.6) is 0 Å². The van der Waals surface area contributed by atoms with Crippen LogP contribution in [-0.2, 0) is 4.74 Å². The molecule has 0 atom stereocenters. The smallest absolute Gasteiger partial charge is 0.410 e. The second-order valence-corrected chi connectivity index (χ2v) is 7.47. The molecule has 1 aliphatic rings. The minimum absolute atomic E-state index is 0.283. The quantitative estimate of drug-likeness (QED) is 0.844. The molecule has 1 fully saturated rings. The van der Waals surface area contributed by atoms with E-state index in [0.717, 1.165) is 5.56 Å². The van der Waals surface area contributed by atoms with Crippen molar-refractivity contribution in [2.75, 3.05) is 31.1 Å². The molecule has 7 nitrogen and oxygen atoms in total. The van der Waals surface area contributed by atoms with Gasteiger partial charge in [0.15, 0.2) is 0 Å². The Kier molecular flexibility index (Phi) is 5.39. The zero-order chi connectivity index (χ0) is 19.4. The van der Waals surface area contributed by atoms with Crippen molar-refractivity contribution in [2.24, 2.45) is 0 Å². The molecule has 1 aromatic heterocycles. The molecule has 3 rings (SSSR count). The standard InChI is InChI=1S/C20H25N5O2/c1-20(2,3)27-19(26)25-11-9-24(10-12-25)18-22-13-16(14-23-18)17(21)15-7-5-4-6-8-15/h4-8,13-14,21H,9-12H2,1-3H3. The normalized spacial score (nSPS) is 14.8. The monoisotopic (exact) mass is 367 g/mol. The van der Waals surface area contributed by atoms with Gasteiger partial charge in [-0.2, -0.15) is 0 Å². The van der Waals surface area contributed by atoms with Crippen molar-refractivity contribution in [3.05, 3.63) is 53.9 Å². The average Bonchev–Trinajstić information content (AvgIpc) is 2.67. The fraction of sp³-hybridized carbons (Fsp3) is 0.400. The summed E-state index contributed by atoms with van der Waals surface area (Å²) in [5.41, 5.74) is 1.42. The third-order valence-corrected chi connectivity index (χ3v) is 4.20. The lowest BCUT2D eigenvalue weighted by molar-refractivity contribution is 0.0240. The van der Waals surface area contributed by atoms with Gasteiger partial charge in [0.05, 0.1) is 5.71 Å². The first kappa shape index (κ1) is 18.8. The number of nitrogens with zero attached hydrogens (tertiary/aromatic N) is 4. The number of aromatic nitrogens is 2. The van der Waals surface area contributed by atoms with Crippen molar-refractivity contribution in [1.29, 1.82) is 5.41 Å². The highest BCUT2D eigenvalue weighted by Gasteiger charge is 2.26. The highest BCUT2D eigenvalue weighted by atomic mass is 16.6. The molecule has 1 aliphatic heterocycles. The zero-order valence-corrected chi connectivity index (χ0v) is 16.0. The summed E-state index contributed by atoms with van der Waals surface area (Å²) in [4.78, 5) is 24.7. The molecule has 2 aromatic rings. The minimum atomic E-state index is -0.490. The van der Waals surface area contributed by atoms with E-state index < -0.39 is 5.60 Å². The Balaban J connectivity index is 1.59. The van der Waals surface area contributed by atoms with Crippen LogP contribution >= 0.6 is 0 Å². The Bertz CT molecular complexity index is 791. The number of hydrogen-bond acceptors (Lipinski definition) is 6. The van der Waals surface area contributed by atoms with Crippen LogP contribution in [0.3, 0.4) is 0 Å². The molecule has 0 aliphatic carbocycles. The molecule has 0 spiro atoms. The molecule has 0 unspecified atom stereocenters. The van der Waals surface area contributed by atoms with Gasteiger partial charge < -0.3 is 14.5 Å². The molecule has 0 radical (unpaired) electrons. The predicted octanol–water partition coefficient (Wildman–Crippen LogP) is 2.95. The molecule has 1 amide bonds. The van der Waals surface area contributed by atoms with Crippen LogP contribution in [0.1, 0.15) is 31.9 Å². The van der Waals surface area contributed by atoms with E-state index in [1.165, 1.54) is 0 Å². The first-order valence-electron chi connectivity index (χ1n) is 9.03. The van der Waals surface area contributed by atoms with E-state index in [2.05, 4.69) is 9.97 Å². The number of hydrogen-bond donors (Lipinski definition) is 1. The molecule has 1 aromatic carbocycles. The van der Waals surface area contributed by atoms with Crippen molar-refractivity contribution >= 4 is 17.8 Å². The average molecular weight is 367 g/mol. The van der Waals surface area contributed by atoms with E-state index in [4.69, 9.17) is 10.1 Å². The van der Waals surface area contributed by atoms with Gasteiger partial charge in [0.1, 0.15) is 5.60 Å². The van der Waals surface area contributed by atoms with Gasteiger partial charge in [0, 0.05) is 49.7 Å². The Morgan fingerprint density at radius 1 is 1.00 bits per heavy atom. The third kappa shape index (κ3) is 4.81. The van der Waals surface area contributed by atoms with Crippen LogP contribution in [0.25, 0.3) is 0 Å². The second kappa shape index (κ2) is 7.73. The van der Waals surface area contributed by atoms with Crippen LogP contribution in [0.15, 0.2) is 42.7 Å². The maximum absolute atomic E-state index is 12.1. The maximum Gasteiger partial charge on any atom is 0.410 e. The first-order chi connectivity index (χ1) is 12.8. The van der Waals surface area contributed by atoms with E-state index in [1.54, 1.807) is 17.3 Å². The summed E-state index contributed by atoms with van der Waals surface area (Å²) in [5, 5.41) is 8.28. The van der Waals surface area contributed by atoms with Gasteiger partial charge in [-0.25, -0.2) is 14.8 Å². The summed E-state index contributed by atoms with van der Waals surface area (Å²) in [5.74, 6) is 0.614. The molecule has 1 N–H and O–H groups in total. The molecule has 7 heteroatoms. The number of benzene rings is 1. The topological polar surface area (TPSA) is 82.4 Å². The number of amides is 1. The summed E-state index contributed by atoms with van der Waals surface area (Å²) in [6.07, 6.45) is 3.07. The van der Waals surface area contributed by atoms with Gasteiger partial charge in [-0.3, -0.25) is 5.41 Å². The van der Waals surface area contributed by atoms with Gasteiger partial charge >= 0.3 is 6.09 Å². The minimum Gasteiger partial charge on any atom is -0.444 e. The Labute approximate surface area is 159 Å². The van der Waals surface area contributed by atoms with Crippen molar-refractivity contribution in [2.45, 2.75) is 26.4 Å². The molecule has 27 heavy (non-hydrogen) atoms. The Morgan fingerprint density at radius 2 is 1.59 bits per heavy atom. The van der Waals surface area contributed by atoms with Gasteiger partial charge in [0.2, 0.25) is 5.95 Å². The second-order valence-electron chi connectivity index (χ2n) is 7.47. The van der Waals surface area contributed by atoms with Gasteiger partial charge in [-0.15, -0.1) is 0 Å². The Hall–Kier alpha value is -2.96. The summed E-state index contributed by atoms with van der Waals surface area (Å²) >= 11 is 0.